The van der Waals surface area contributed by atoms with Gasteiger partial charge in [0.15, 0.2) is 0 Å². The maximum atomic E-state index is 10.3. The molecule has 0 aromatic heterocycles. The van der Waals surface area contributed by atoms with Crippen LogP contribution in [0.25, 0.3) is 0 Å². The summed E-state index contributed by atoms with van der Waals surface area (Å²) >= 11 is 0. The van der Waals surface area contributed by atoms with Crippen LogP contribution in [0.3, 0.4) is 0 Å². The van der Waals surface area contributed by atoms with Gasteiger partial charge in [0.1, 0.15) is 0 Å². The van der Waals surface area contributed by atoms with Gasteiger partial charge in [0.05, 0.1) is 7.11 Å². The van der Waals surface area contributed by atoms with Crippen LogP contribution in [0.1, 0.15) is 44.9 Å². The van der Waals surface area contributed by atoms with E-state index < -0.39 is 5.97 Å². The molecule has 1 aliphatic rings. The summed E-state index contributed by atoms with van der Waals surface area (Å²) in [4.78, 5) is 15.7. The molecule has 0 spiro atoms. The predicted octanol–water partition coefficient (Wildman–Crippen LogP) is 2.05. The topological polar surface area (TPSA) is 49.8 Å². The Morgan fingerprint density at radius 2 is 2.07 bits per heavy atom. The minimum atomic E-state index is -0.708. The van der Waals surface area contributed by atoms with Gasteiger partial charge in [-0.25, -0.2) is 0 Å². The van der Waals surface area contributed by atoms with E-state index in [1.807, 2.05) is 5.06 Å². The van der Waals surface area contributed by atoms with Crippen LogP contribution in [0, 0.1) is 0 Å². The zero-order valence-corrected chi connectivity index (χ0v) is 9.45. The first-order valence-electron chi connectivity index (χ1n) is 5.76. The Bertz CT molecular complexity index is 190. The molecule has 0 atom stereocenters. The van der Waals surface area contributed by atoms with Crippen LogP contribution in [0.5, 0.6) is 0 Å². The highest BCUT2D eigenvalue weighted by Gasteiger charge is 2.21. The highest BCUT2D eigenvalue weighted by atomic mass is 16.7. The summed E-state index contributed by atoms with van der Waals surface area (Å²) in [7, 11) is 1.70. The third kappa shape index (κ3) is 4.62. The number of carboxylic acids is 1. The van der Waals surface area contributed by atoms with Crippen LogP contribution in [-0.2, 0) is 9.63 Å². The van der Waals surface area contributed by atoms with Gasteiger partial charge in [-0.15, -0.1) is 0 Å². The summed E-state index contributed by atoms with van der Waals surface area (Å²) < 4.78 is 0. The lowest BCUT2D eigenvalue weighted by Crippen LogP contribution is -2.33. The average Bonchev–Trinajstić information content (AvgIpc) is 2.70. The van der Waals surface area contributed by atoms with Gasteiger partial charge in [-0.3, -0.25) is 4.79 Å². The number of hydrogen-bond donors (Lipinski definition) is 1. The third-order valence-electron chi connectivity index (χ3n) is 2.99. The largest absolute Gasteiger partial charge is 0.481 e. The standard InChI is InChI=1S/C11H21NO3/c1-15-12(10-6-2-3-7-10)9-5-4-8-11(13)14/h10H,2-9H2,1H3,(H,13,14). The summed E-state index contributed by atoms with van der Waals surface area (Å²) in [5, 5.41) is 10.5. The van der Waals surface area contributed by atoms with Crippen molar-refractivity contribution < 1.29 is 14.7 Å². The Morgan fingerprint density at radius 1 is 1.40 bits per heavy atom. The summed E-state index contributed by atoms with van der Waals surface area (Å²) in [5.41, 5.74) is 0. The smallest absolute Gasteiger partial charge is 0.303 e. The Labute approximate surface area is 91.2 Å². The van der Waals surface area contributed by atoms with Gasteiger partial charge in [0.25, 0.3) is 0 Å². The van der Waals surface area contributed by atoms with E-state index >= 15 is 0 Å². The average molecular weight is 215 g/mol. The molecular formula is C11H21NO3. The van der Waals surface area contributed by atoms with Gasteiger partial charge in [0, 0.05) is 19.0 Å². The fourth-order valence-electron chi connectivity index (χ4n) is 2.16. The quantitative estimate of drug-likeness (QED) is 0.521. The molecule has 4 heteroatoms. The SMILES string of the molecule is CON(CCCCC(=O)O)C1CCCC1. The molecule has 0 unspecified atom stereocenters. The van der Waals surface area contributed by atoms with Crippen LogP contribution in [0.2, 0.25) is 0 Å². The highest BCUT2D eigenvalue weighted by molar-refractivity contribution is 5.66. The molecule has 1 fully saturated rings. The number of carbonyl (C=O) groups is 1. The lowest BCUT2D eigenvalue weighted by molar-refractivity contribution is -0.161. The number of rotatable bonds is 7. The van der Waals surface area contributed by atoms with Crippen LogP contribution in [-0.4, -0.2) is 35.8 Å². The number of nitrogens with zero attached hydrogens (tertiary/aromatic N) is 1. The molecule has 15 heavy (non-hydrogen) atoms. The van der Waals surface area contributed by atoms with Crippen molar-refractivity contribution in [3.8, 4) is 0 Å². The maximum absolute atomic E-state index is 10.3. The number of carboxylic acid groups (broad SMARTS) is 1. The van der Waals surface area contributed by atoms with Crippen molar-refractivity contribution in [2.75, 3.05) is 13.7 Å². The van der Waals surface area contributed by atoms with Crippen LogP contribution < -0.4 is 0 Å². The molecule has 4 nitrogen and oxygen atoms in total. The zero-order valence-electron chi connectivity index (χ0n) is 9.45. The normalized spacial score (nSPS) is 17.5. The number of unbranched alkanes of at least 4 members (excludes halogenated alkanes) is 1. The maximum Gasteiger partial charge on any atom is 0.303 e. The van der Waals surface area contributed by atoms with E-state index in [2.05, 4.69) is 0 Å². The van der Waals surface area contributed by atoms with E-state index in [0.29, 0.717) is 6.04 Å². The second kappa shape index (κ2) is 6.80. The molecule has 0 saturated heterocycles. The molecule has 1 saturated carbocycles. The molecular weight excluding hydrogens is 194 g/mol. The summed E-state index contributed by atoms with van der Waals surface area (Å²) in [6.07, 6.45) is 6.92. The van der Waals surface area contributed by atoms with Gasteiger partial charge in [0.2, 0.25) is 0 Å². The van der Waals surface area contributed by atoms with Gasteiger partial charge < -0.3 is 9.94 Å². The summed E-state index contributed by atoms with van der Waals surface area (Å²) in [5.74, 6) is -0.708. The lowest BCUT2D eigenvalue weighted by Gasteiger charge is -2.25. The predicted molar refractivity (Wildman–Crippen MR) is 57.5 cm³/mol. The minimum Gasteiger partial charge on any atom is -0.481 e. The summed E-state index contributed by atoms with van der Waals surface area (Å²) in [6, 6.07) is 0.555. The molecule has 0 aromatic rings. The molecule has 0 amide bonds. The van der Waals surface area contributed by atoms with Crippen molar-refractivity contribution in [3.05, 3.63) is 0 Å². The Balaban J connectivity index is 2.13. The van der Waals surface area contributed by atoms with Crippen molar-refractivity contribution in [1.29, 1.82) is 0 Å². The molecule has 88 valence electrons. The molecule has 0 bridgehead atoms. The Kier molecular flexibility index (Phi) is 5.65. The molecule has 1 rings (SSSR count). The van der Waals surface area contributed by atoms with Gasteiger partial charge in [-0.1, -0.05) is 12.8 Å². The molecule has 1 aliphatic carbocycles. The van der Waals surface area contributed by atoms with E-state index in [4.69, 9.17) is 9.94 Å². The van der Waals surface area contributed by atoms with E-state index in [9.17, 15) is 4.79 Å². The second-order valence-electron chi connectivity index (χ2n) is 4.11. The summed E-state index contributed by atoms with van der Waals surface area (Å²) in [6.45, 7) is 0.856. The number of hydrogen-bond acceptors (Lipinski definition) is 3. The molecule has 0 aromatic carbocycles. The van der Waals surface area contributed by atoms with Gasteiger partial charge >= 0.3 is 5.97 Å². The highest BCUT2D eigenvalue weighted by Crippen LogP contribution is 2.23. The van der Waals surface area contributed by atoms with Crippen molar-refractivity contribution in [2.24, 2.45) is 0 Å². The van der Waals surface area contributed by atoms with Crippen LogP contribution in [0.4, 0.5) is 0 Å². The van der Waals surface area contributed by atoms with Crippen molar-refractivity contribution in [3.63, 3.8) is 0 Å². The van der Waals surface area contributed by atoms with Crippen LogP contribution in [0.15, 0.2) is 0 Å². The molecule has 0 heterocycles. The van der Waals surface area contributed by atoms with Gasteiger partial charge in [-0.05, 0) is 25.7 Å². The molecule has 1 N–H and O–H groups in total. The Morgan fingerprint density at radius 3 is 2.60 bits per heavy atom. The molecule has 0 radical (unpaired) electrons. The van der Waals surface area contributed by atoms with Crippen LogP contribution >= 0.6 is 0 Å². The van der Waals surface area contributed by atoms with Crippen molar-refractivity contribution >= 4 is 5.97 Å². The fourth-order valence-corrected chi connectivity index (χ4v) is 2.16. The third-order valence-corrected chi connectivity index (χ3v) is 2.99. The first kappa shape index (κ1) is 12.5. The van der Waals surface area contributed by atoms with E-state index in [1.54, 1.807) is 7.11 Å². The zero-order chi connectivity index (χ0) is 11.1. The Hall–Kier alpha value is -0.610. The second-order valence-corrected chi connectivity index (χ2v) is 4.11. The monoisotopic (exact) mass is 215 g/mol. The van der Waals surface area contributed by atoms with Gasteiger partial charge in [-0.2, -0.15) is 5.06 Å². The lowest BCUT2D eigenvalue weighted by atomic mass is 10.2. The van der Waals surface area contributed by atoms with Crippen molar-refractivity contribution in [1.82, 2.24) is 5.06 Å². The van der Waals surface area contributed by atoms with E-state index in [0.717, 1.165) is 19.4 Å². The minimum absolute atomic E-state index is 0.266. The van der Waals surface area contributed by atoms with E-state index in [-0.39, 0.29) is 6.42 Å². The number of hydroxylamine groups is 2. The first-order valence-corrected chi connectivity index (χ1v) is 5.76. The number of aliphatic carboxylic acids is 1. The first-order chi connectivity index (χ1) is 7.24. The van der Waals surface area contributed by atoms with E-state index in [1.165, 1.54) is 25.7 Å². The molecule has 0 aliphatic heterocycles. The fraction of sp³-hybridized carbons (Fsp3) is 0.909. The van der Waals surface area contributed by atoms with Crippen molar-refractivity contribution in [2.45, 2.75) is 51.0 Å².